The van der Waals surface area contributed by atoms with Crippen molar-refractivity contribution in [3.8, 4) is 39.6 Å². The topological polar surface area (TPSA) is 33.5 Å². The molecule has 1 aliphatic heterocycles. The monoisotopic (exact) mass is 1270 g/mol. The van der Waals surface area contributed by atoms with E-state index in [9.17, 15) is 2.74 Å². The van der Waals surface area contributed by atoms with E-state index in [0.717, 1.165) is 66.8 Å². The number of benzene rings is 8. The van der Waals surface area contributed by atoms with E-state index < -0.39 is 11.5 Å². The van der Waals surface area contributed by atoms with Crippen molar-refractivity contribution in [2.45, 2.75) is 131 Å². The molecule has 0 N–H and O–H groups in total. The number of ether oxygens (including phenoxy) is 1. The van der Waals surface area contributed by atoms with Crippen LogP contribution in [-0.2, 0) is 48.1 Å². The summed E-state index contributed by atoms with van der Waals surface area (Å²) in [5, 5.41) is 4.68. The first-order chi connectivity index (χ1) is 39.9. The number of pyridine rings is 1. The van der Waals surface area contributed by atoms with Gasteiger partial charge in [0, 0.05) is 92.6 Å². The van der Waals surface area contributed by atoms with Crippen LogP contribution in [0.25, 0.3) is 70.0 Å². The molecule has 0 amide bonds. The molecular weight excluding hydrogens is 1190 g/mol. The van der Waals surface area contributed by atoms with Crippen LogP contribution in [0.15, 0.2) is 164 Å². The maximum Gasteiger partial charge on any atom is 0.135 e. The van der Waals surface area contributed by atoms with Gasteiger partial charge in [0.25, 0.3) is 0 Å². The average Bonchev–Trinajstić information content (AvgIpc) is 1.69. The Morgan fingerprint density at radius 1 is 0.519 bits per heavy atom. The maximum absolute atomic E-state index is 9.51. The first-order valence-electron chi connectivity index (χ1n) is 30.3. The van der Waals surface area contributed by atoms with Crippen LogP contribution in [0, 0.1) is 18.8 Å². The fourth-order valence-corrected chi connectivity index (χ4v) is 12.3. The van der Waals surface area contributed by atoms with E-state index in [2.05, 4.69) is 215 Å². The van der Waals surface area contributed by atoms with Gasteiger partial charge in [-0.2, -0.15) is 12.1 Å². The third-order valence-corrected chi connectivity index (χ3v) is 17.0. The van der Waals surface area contributed by atoms with Crippen LogP contribution in [0.2, 0.25) is 0 Å². The molecule has 0 spiro atoms. The Morgan fingerprint density at radius 2 is 1.10 bits per heavy atom. The molecule has 12 rings (SSSR count). The molecule has 0 unspecified atom stereocenters. The molecule has 3 aromatic heterocycles. The van der Waals surface area contributed by atoms with Gasteiger partial charge in [-0.25, -0.2) is 4.98 Å². The minimum Gasteiger partial charge on any atom is -0.509 e. The number of nitrogens with zero attached hydrogens (tertiary/aromatic N) is 4. The Kier molecular flexibility index (Phi) is 12.4. The second-order valence-electron chi connectivity index (χ2n) is 26.8. The number of fused-ring (bicyclic) bond motifs is 8. The van der Waals surface area contributed by atoms with Crippen molar-refractivity contribution >= 4 is 76.1 Å². The molecule has 4 heterocycles. The molecule has 7 heteroatoms. The van der Waals surface area contributed by atoms with Crippen LogP contribution in [0.5, 0.6) is 11.5 Å². The van der Waals surface area contributed by atoms with E-state index in [4.69, 9.17) is 13.8 Å². The number of thiophene rings is 1. The minimum atomic E-state index is -0.437. The van der Waals surface area contributed by atoms with E-state index in [1.54, 1.807) is 0 Å². The molecule has 0 atom stereocenters. The van der Waals surface area contributed by atoms with Crippen LogP contribution in [0.3, 0.4) is 0 Å². The number of hydrogen-bond acceptors (Lipinski definition) is 5. The van der Waals surface area contributed by atoms with Crippen molar-refractivity contribution in [3.63, 3.8) is 0 Å². The molecule has 11 aromatic rings. The van der Waals surface area contributed by atoms with E-state index in [-0.39, 0.29) is 72.5 Å². The first kappa shape index (κ1) is 49.8. The summed E-state index contributed by atoms with van der Waals surface area (Å²) < 4.78 is 57.2. The molecule has 0 saturated heterocycles. The third-order valence-electron chi connectivity index (χ3n) is 15.8. The van der Waals surface area contributed by atoms with Crippen molar-refractivity contribution in [2.24, 2.45) is 0 Å². The largest absolute Gasteiger partial charge is 0.509 e. The Bertz CT molecular complexity index is 4480. The minimum absolute atomic E-state index is 0. The van der Waals surface area contributed by atoms with Crippen LogP contribution < -0.4 is 14.5 Å². The van der Waals surface area contributed by atoms with Crippen molar-refractivity contribution in [1.29, 1.82) is 0 Å². The predicted octanol–water partition coefficient (Wildman–Crippen LogP) is 21.2. The van der Waals surface area contributed by atoms with E-state index in [1.807, 2.05) is 66.7 Å². The summed E-state index contributed by atoms with van der Waals surface area (Å²) in [5.74, 6) is 1.81. The molecule has 0 radical (unpaired) electrons. The second-order valence-corrected chi connectivity index (χ2v) is 27.8. The molecule has 0 fully saturated rings. The number of anilines is 4. The van der Waals surface area contributed by atoms with Gasteiger partial charge >= 0.3 is 0 Å². The van der Waals surface area contributed by atoms with Gasteiger partial charge in [0.05, 0.1) is 6.85 Å². The zero-order chi connectivity index (χ0) is 60.8. The molecule has 8 aromatic carbocycles. The Morgan fingerprint density at radius 3 is 1.75 bits per heavy atom. The molecule has 1 aliphatic rings. The van der Waals surface area contributed by atoms with Gasteiger partial charge in [0.2, 0.25) is 0 Å². The average molecular weight is 1270 g/mol. The molecule has 5 nitrogen and oxygen atoms in total. The van der Waals surface area contributed by atoms with Crippen molar-refractivity contribution in [3.05, 3.63) is 210 Å². The molecular formula is C74H73N4OPtS-3. The number of para-hydroxylation sites is 2. The van der Waals surface area contributed by atoms with E-state index in [0.29, 0.717) is 28.4 Å². The van der Waals surface area contributed by atoms with Crippen molar-refractivity contribution in [2.75, 3.05) is 9.80 Å². The van der Waals surface area contributed by atoms with Crippen molar-refractivity contribution < 1.29 is 32.7 Å². The smallest absolute Gasteiger partial charge is 0.135 e. The summed E-state index contributed by atoms with van der Waals surface area (Å²) >= 11 is 1.84. The zero-order valence-electron chi connectivity index (χ0n) is 54.2. The predicted molar refractivity (Wildman–Crippen MR) is 341 cm³/mol. The number of aromatic nitrogens is 2. The normalized spacial score (nSPS) is 14.3. The summed E-state index contributed by atoms with van der Waals surface area (Å²) in [6.45, 7) is 35.3. The van der Waals surface area contributed by atoms with Gasteiger partial charge < -0.3 is 19.1 Å². The standard InChI is InChI=1S/C74H73N4OS.Pt/c1-70(2,3)48-28-30-56-57-32-33-63-67(69(57)80-65(56)41-48)58-31-29-55(44-64(58)78(63)66-42-49(34-35-75-66)71(4,5)6)79-54-25-21-24-53(43-54)76-45-77(62-27-20-19-26-61(62)76)68-59(46-22-17-16-18-23-46)39-52(74(13,14)15)40-60(68)47-36-50(72(7,8)9)38-51(37-47)73(10,11)12;/h16-42,45H,1-15H3;/q-3;/i16D,17D,18D,22D,23D;. The Balaban J connectivity index is 0.00000768. The maximum atomic E-state index is 9.51. The number of hydrogen-bond donors (Lipinski definition) is 0. The van der Waals surface area contributed by atoms with Gasteiger partial charge in [-0.1, -0.05) is 188 Å². The molecule has 81 heavy (non-hydrogen) atoms. The van der Waals surface area contributed by atoms with Gasteiger partial charge in [0.1, 0.15) is 5.82 Å². The third kappa shape index (κ3) is 10.3. The summed E-state index contributed by atoms with van der Waals surface area (Å²) in [6.07, 6.45) is 1.90. The summed E-state index contributed by atoms with van der Waals surface area (Å²) in [4.78, 5) is 9.23. The molecule has 0 aliphatic carbocycles. The van der Waals surface area contributed by atoms with Crippen LogP contribution in [0.4, 0.5) is 22.7 Å². The van der Waals surface area contributed by atoms with E-state index in [1.165, 1.54) is 31.3 Å². The van der Waals surface area contributed by atoms with Gasteiger partial charge in [-0.3, -0.25) is 0 Å². The second kappa shape index (κ2) is 20.2. The summed E-state index contributed by atoms with van der Waals surface area (Å²) in [6, 6.07) is 50.6. The zero-order valence-corrected chi connectivity index (χ0v) is 52.3. The fraction of sp³-hybridized carbons (Fsp3) is 0.270. The Labute approximate surface area is 505 Å². The summed E-state index contributed by atoms with van der Waals surface area (Å²) in [7, 11) is 0. The van der Waals surface area contributed by atoms with Crippen LogP contribution >= 0.6 is 11.3 Å². The Hall–Kier alpha value is -6.98. The van der Waals surface area contributed by atoms with Crippen molar-refractivity contribution in [1.82, 2.24) is 9.55 Å². The summed E-state index contributed by atoms with van der Waals surface area (Å²) in [5.41, 5.74) is 12.3. The van der Waals surface area contributed by atoms with Crippen LogP contribution in [-0.4, -0.2) is 9.55 Å². The fourth-order valence-electron chi connectivity index (χ4n) is 11.0. The van der Waals surface area contributed by atoms with Gasteiger partial charge in [-0.05, 0) is 120 Å². The first-order valence-corrected chi connectivity index (χ1v) is 28.7. The van der Waals surface area contributed by atoms with Gasteiger partial charge in [0.15, 0.2) is 0 Å². The molecule has 414 valence electrons. The van der Waals surface area contributed by atoms with Gasteiger partial charge in [-0.15, -0.1) is 59.4 Å². The number of rotatable bonds is 7. The van der Waals surface area contributed by atoms with Crippen LogP contribution in [0.1, 0.15) is 139 Å². The SMILES string of the molecule is [2H]c1c([2H])c([2H])c(-c2cc(C(C)(C)C)cc(-c3cc(C(C)(C)C)cc(C(C)(C)C)c3)c2N2[CH-]N(c3[c-]c(Oc4[c-]c5c(cc4)c4c6sc7cc(C(C)(C)C)ccc7c6ccc4n5-c4cc(C(C)(C)C)ccn4)ccc3)c3ccccc32)c([2H])c1[2H].[Pt]. The quantitative estimate of drug-likeness (QED) is 0.149. The van der Waals surface area contributed by atoms with E-state index >= 15 is 0 Å². The molecule has 0 bridgehead atoms. The molecule has 0 saturated carbocycles.